The Morgan fingerprint density at radius 1 is 0.950 bits per heavy atom. The highest BCUT2D eigenvalue weighted by Crippen LogP contribution is 2.12. The van der Waals surface area contributed by atoms with E-state index < -0.39 is 0 Å². The van der Waals surface area contributed by atoms with Crippen LogP contribution in [0.25, 0.3) is 0 Å². The molecule has 0 radical (unpaired) electrons. The number of nitrogens with one attached hydrogen (secondary N) is 1. The van der Waals surface area contributed by atoms with Gasteiger partial charge >= 0.3 is 0 Å². The Hall–Kier alpha value is -1.80. The zero-order valence-corrected chi connectivity index (χ0v) is 12.4. The van der Waals surface area contributed by atoms with E-state index in [1.807, 2.05) is 30.3 Å². The summed E-state index contributed by atoms with van der Waals surface area (Å²) in [4.78, 5) is 0. The topological polar surface area (TPSA) is 21.3 Å². The van der Waals surface area contributed by atoms with E-state index in [1.165, 1.54) is 16.7 Å². The quantitative estimate of drug-likeness (QED) is 0.771. The van der Waals surface area contributed by atoms with Gasteiger partial charge in [-0.3, -0.25) is 0 Å². The summed E-state index contributed by atoms with van der Waals surface area (Å²) in [6.45, 7) is 7.00. The van der Waals surface area contributed by atoms with Crippen molar-refractivity contribution in [2.75, 3.05) is 13.2 Å². The number of benzene rings is 2. The summed E-state index contributed by atoms with van der Waals surface area (Å²) in [5, 5.41) is 3.48. The lowest BCUT2D eigenvalue weighted by Gasteiger charge is -2.10. The van der Waals surface area contributed by atoms with Gasteiger partial charge in [0.15, 0.2) is 0 Å². The van der Waals surface area contributed by atoms with Crippen molar-refractivity contribution in [1.82, 2.24) is 5.32 Å². The molecule has 0 aliphatic heterocycles. The molecule has 2 heteroatoms. The van der Waals surface area contributed by atoms with Crippen molar-refractivity contribution in [2.24, 2.45) is 0 Å². The number of aryl methyl sites for hydroxylation is 1. The maximum absolute atomic E-state index is 5.66. The lowest BCUT2D eigenvalue weighted by atomic mass is 10.0. The average Bonchev–Trinajstić information content (AvgIpc) is 2.48. The van der Waals surface area contributed by atoms with Crippen LogP contribution in [0.5, 0.6) is 5.75 Å². The smallest absolute Gasteiger partial charge is 0.119 e. The van der Waals surface area contributed by atoms with E-state index in [0.717, 1.165) is 31.9 Å². The third-order valence-electron chi connectivity index (χ3n) is 3.54. The minimum atomic E-state index is 0.754. The SMILES string of the molecule is Cc1cccc(CNCCCOc2ccccc2)c1C. The molecule has 0 spiro atoms. The Balaban J connectivity index is 1.63. The molecule has 0 saturated carbocycles. The average molecular weight is 269 g/mol. The van der Waals surface area contributed by atoms with Gasteiger partial charge in [-0.05, 0) is 55.6 Å². The van der Waals surface area contributed by atoms with Crippen LogP contribution in [0.1, 0.15) is 23.1 Å². The van der Waals surface area contributed by atoms with E-state index in [1.54, 1.807) is 0 Å². The van der Waals surface area contributed by atoms with Crippen LogP contribution in [0.15, 0.2) is 48.5 Å². The van der Waals surface area contributed by atoms with Crippen molar-refractivity contribution in [3.63, 3.8) is 0 Å². The molecular formula is C18H23NO. The Labute approximate surface area is 121 Å². The van der Waals surface area contributed by atoms with Gasteiger partial charge in [0.1, 0.15) is 5.75 Å². The van der Waals surface area contributed by atoms with Gasteiger partial charge in [0.2, 0.25) is 0 Å². The Kier molecular flexibility index (Phi) is 5.63. The van der Waals surface area contributed by atoms with E-state index in [0.29, 0.717) is 0 Å². The predicted octanol–water partition coefficient (Wildman–Crippen LogP) is 3.86. The molecule has 0 aliphatic carbocycles. The van der Waals surface area contributed by atoms with E-state index >= 15 is 0 Å². The van der Waals surface area contributed by atoms with Crippen molar-refractivity contribution < 1.29 is 4.74 Å². The molecule has 0 saturated heterocycles. The van der Waals surface area contributed by atoms with Crippen LogP contribution in [0.4, 0.5) is 0 Å². The molecule has 0 unspecified atom stereocenters. The molecule has 0 fully saturated rings. The first-order valence-corrected chi connectivity index (χ1v) is 7.21. The van der Waals surface area contributed by atoms with Gasteiger partial charge in [-0.1, -0.05) is 36.4 Å². The molecule has 0 aliphatic rings. The van der Waals surface area contributed by atoms with E-state index in [9.17, 15) is 0 Å². The van der Waals surface area contributed by atoms with Crippen LogP contribution < -0.4 is 10.1 Å². The maximum Gasteiger partial charge on any atom is 0.119 e. The first-order valence-electron chi connectivity index (χ1n) is 7.21. The number of hydrogen-bond acceptors (Lipinski definition) is 2. The van der Waals surface area contributed by atoms with Crippen molar-refractivity contribution >= 4 is 0 Å². The molecule has 0 amide bonds. The molecule has 2 aromatic rings. The first-order chi connectivity index (χ1) is 9.77. The molecular weight excluding hydrogens is 246 g/mol. The normalized spacial score (nSPS) is 10.5. The zero-order chi connectivity index (χ0) is 14.2. The Morgan fingerprint density at radius 2 is 1.75 bits per heavy atom. The largest absolute Gasteiger partial charge is 0.494 e. The number of rotatable bonds is 7. The van der Waals surface area contributed by atoms with E-state index in [-0.39, 0.29) is 0 Å². The van der Waals surface area contributed by atoms with Crippen molar-refractivity contribution in [1.29, 1.82) is 0 Å². The lowest BCUT2D eigenvalue weighted by Crippen LogP contribution is -2.17. The summed E-state index contributed by atoms with van der Waals surface area (Å²) in [5.41, 5.74) is 4.13. The third-order valence-corrected chi connectivity index (χ3v) is 3.54. The second-order valence-electron chi connectivity index (χ2n) is 5.05. The van der Waals surface area contributed by atoms with Crippen LogP contribution in [0, 0.1) is 13.8 Å². The Bertz CT molecular complexity index is 522. The fraction of sp³-hybridized carbons (Fsp3) is 0.333. The standard InChI is InChI=1S/C18H23NO/c1-15-8-6-9-17(16(15)2)14-19-12-7-13-20-18-10-4-3-5-11-18/h3-6,8-11,19H,7,12-14H2,1-2H3. The number of hydrogen-bond donors (Lipinski definition) is 1. The molecule has 20 heavy (non-hydrogen) atoms. The zero-order valence-electron chi connectivity index (χ0n) is 12.4. The maximum atomic E-state index is 5.66. The van der Waals surface area contributed by atoms with Crippen molar-refractivity contribution in [2.45, 2.75) is 26.8 Å². The van der Waals surface area contributed by atoms with Crippen LogP contribution in [-0.2, 0) is 6.54 Å². The molecule has 0 atom stereocenters. The van der Waals surface area contributed by atoms with Crippen LogP contribution in [0.3, 0.4) is 0 Å². The lowest BCUT2D eigenvalue weighted by molar-refractivity contribution is 0.308. The van der Waals surface area contributed by atoms with Gasteiger partial charge in [0.05, 0.1) is 6.61 Å². The van der Waals surface area contributed by atoms with Crippen molar-refractivity contribution in [3.8, 4) is 5.75 Å². The monoisotopic (exact) mass is 269 g/mol. The van der Waals surface area contributed by atoms with Gasteiger partial charge < -0.3 is 10.1 Å². The predicted molar refractivity (Wildman–Crippen MR) is 84.2 cm³/mol. The molecule has 0 aromatic heterocycles. The van der Waals surface area contributed by atoms with Gasteiger partial charge in [0, 0.05) is 6.54 Å². The van der Waals surface area contributed by atoms with Crippen LogP contribution in [0.2, 0.25) is 0 Å². The molecule has 2 rings (SSSR count). The van der Waals surface area contributed by atoms with Gasteiger partial charge in [-0.2, -0.15) is 0 Å². The summed E-state index contributed by atoms with van der Waals surface area (Å²) in [6.07, 6.45) is 1.01. The summed E-state index contributed by atoms with van der Waals surface area (Å²) >= 11 is 0. The summed E-state index contributed by atoms with van der Waals surface area (Å²) in [5.74, 6) is 0.946. The van der Waals surface area contributed by atoms with Gasteiger partial charge in [-0.15, -0.1) is 0 Å². The summed E-state index contributed by atoms with van der Waals surface area (Å²) in [6, 6.07) is 16.4. The van der Waals surface area contributed by atoms with Crippen molar-refractivity contribution in [3.05, 3.63) is 65.2 Å². The highest BCUT2D eigenvalue weighted by Gasteiger charge is 1.99. The molecule has 2 nitrogen and oxygen atoms in total. The molecule has 2 aromatic carbocycles. The summed E-state index contributed by atoms with van der Waals surface area (Å²) < 4.78 is 5.66. The van der Waals surface area contributed by atoms with Crippen LogP contribution >= 0.6 is 0 Å². The number of ether oxygens (including phenoxy) is 1. The molecule has 1 N–H and O–H groups in total. The third kappa shape index (κ3) is 4.39. The van der Waals surface area contributed by atoms with E-state index in [4.69, 9.17) is 4.74 Å². The minimum absolute atomic E-state index is 0.754. The molecule has 106 valence electrons. The Morgan fingerprint density at radius 3 is 2.55 bits per heavy atom. The second kappa shape index (κ2) is 7.71. The van der Waals surface area contributed by atoms with Gasteiger partial charge in [-0.25, -0.2) is 0 Å². The number of para-hydroxylation sites is 1. The fourth-order valence-corrected chi connectivity index (χ4v) is 2.13. The first kappa shape index (κ1) is 14.6. The highest BCUT2D eigenvalue weighted by atomic mass is 16.5. The minimum Gasteiger partial charge on any atom is -0.494 e. The molecule has 0 bridgehead atoms. The van der Waals surface area contributed by atoms with Gasteiger partial charge in [0.25, 0.3) is 0 Å². The second-order valence-corrected chi connectivity index (χ2v) is 5.05. The summed E-state index contributed by atoms with van der Waals surface area (Å²) in [7, 11) is 0. The highest BCUT2D eigenvalue weighted by molar-refractivity contribution is 5.32. The fourth-order valence-electron chi connectivity index (χ4n) is 2.13. The van der Waals surface area contributed by atoms with Crippen LogP contribution in [-0.4, -0.2) is 13.2 Å². The molecule has 0 heterocycles. The van der Waals surface area contributed by atoms with E-state index in [2.05, 4.69) is 37.4 Å².